The van der Waals surface area contributed by atoms with Gasteiger partial charge in [-0.25, -0.2) is 4.39 Å². The normalized spacial score (nSPS) is 10.8. The Hall–Kier alpha value is -1.71. The minimum atomic E-state index is -0.432. The quantitative estimate of drug-likeness (QED) is 0.591. The van der Waals surface area contributed by atoms with E-state index in [9.17, 15) is 9.18 Å². The number of anilines is 1. The summed E-state index contributed by atoms with van der Waals surface area (Å²) in [5.74, 6) is -0.523. The molecule has 0 bridgehead atoms. The second kappa shape index (κ2) is 7.04. The Morgan fingerprint density at radius 2 is 2.17 bits per heavy atom. The molecule has 0 fully saturated rings. The Balaban J connectivity index is 1.74. The van der Waals surface area contributed by atoms with E-state index in [0.29, 0.717) is 25.5 Å². The number of aromatic nitrogens is 4. The van der Waals surface area contributed by atoms with Gasteiger partial charge in [0, 0.05) is 22.8 Å². The lowest BCUT2D eigenvalue weighted by Gasteiger charge is -2.06. The maximum Gasteiger partial charge on any atom is 0.278 e. The molecule has 0 aliphatic heterocycles. The minimum absolute atomic E-state index is 0.152. The predicted molar refractivity (Wildman–Crippen MR) is 94.7 cm³/mol. The molecule has 0 radical (unpaired) electrons. The maximum atomic E-state index is 13.8. The highest BCUT2D eigenvalue weighted by atomic mass is 79.9. The van der Waals surface area contributed by atoms with Gasteiger partial charge in [-0.1, -0.05) is 17.7 Å². The molecule has 1 aromatic carbocycles. The zero-order valence-corrected chi connectivity index (χ0v) is 15.8. The molecule has 0 spiro atoms. The van der Waals surface area contributed by atoms with Crippen LogP contribution in [0, 0.1) is 5.82 Å². The van der Waals surface area contributed by atoms with Gasteiger partial charge in [0.2, 0.25) is 0 Å². The van der Waals surface area contributed by atoms with Crippen LogP contribution in [-0.2, 0) is 6.54 Å². The Morgan fingerprint density at radius 3 is 2.83 bits per heavy atom. The molecule has 124 valence electrons. The van der Waals surface area contributed by atoms with Crippen LogP contribution in [0.4, 0.5) is 10.2 Å². The molecule has 2 heterocycles. The zero-order valence-electron chi connectivity index (χ0n) is 11.9. The third kappa shape index (κ3) is 3.52. The average molecular weight is 478 g/mol. The molecule has 6 nitrogen and oxygen atoms in total. The molecule has 2 N–H and O–H groups in total. The van der Waals surface area contributed by atoms with Crippen LogP contribution in [-0.4, -0.2) is 25.9 Å². The molecule has 3 aromatic rings. The number of aromatic amines is 1. The Labute approximate surface area is 157 Å². The summed E-state index contributed by atoms with van der Waals surface area (Å²) in [7, 11) is 0. The number of amides is 1. The van der Waals surface area contributed by atoms with Crippen molar-refractivity contribution in [3.8, 4) is 0 Å². The molecule has 0 saturated carbocycles. The maximum absolute atomic E-state index is 13.8. The van der Waals surface area contributed by atoms with Crippen molar-refractivity contribution in [1.29, 1.82) is 0 Å². The van der Waals surface area contributed by atoms with E-state index in [2.05, 4.69) is 52.5 Å². The number of hydrogen-bond acceptors (Lipinski definition) is 3. The third-order valence-corrected chi connectivity index (χ3v) is 5.38. The fourth-order valence-corrected chi connectivity index (χ4v) is 2.85. The van der Waals surface area contributed by atoms with Crippen molar-refractivity contribution in [2.75, 3.05) is 5.32 Å². The Morgan fingerprint density at radius 1 is 1.38 bits per heavy atom. The first-order valence-electron chi connectivity index (χ1n) is 6.62. The molecule has 2 aromatic heterocycles. The molecule has 24 heavy (non-hydrogen) atoms. The number of benzene rings is 1. The summed E-state index contributed by atoms with van der Waals surface area (Å²) >= 11 is 12.5. The molecular weight excluding hydrogens is 468 g/mol. The Kier molecular flexibility index (Phi) is 5.02. The van der Waals surface area contributed by atoms with Gasteiger partial charge >= 0.3 is 0 Å². The fourth-order valence-electron chi connectivity index (χ4n) is 1.99. The standard InChI is InChI=1S/C14H9Br2ClFN5O/c15-11-12(20-21-13(11)16)14(24)19-10-4-5-23(22-10)6-7-8(17)2-1-3-9(7)18/h1-5H,6H2,(H,20,21)(H,19,22,24). The van der Waals surface area contributed by atoms with Crippen molar-refractivity contribution < 1.29 is 9.18 Å². The van der Waals surface area contributed by atoms with E-state index >= 15 is 0 Å². The van der Waals surface area contributed by atoms with Crippen LogP contribution in [0.1, 0.15) is 16.1 Å². The van der Waals surface area contributed by atoms with Crippen LogP contribution in [0.3, 0.4) is 0 Å². The second-order valence-corrected chi connectivity index (χ2v) is 6.75. The van der Waals surface area contributed by atoms with E-state index in [1.54, 1.807) is 18.3 Å². The van der Waals surface area contributed by atoms with Gasteiger partial charge in [-0.2, -0.15) is 10.2 Å². The summed E-state index contributed by atoms with van der Waals surface area (Å²) in [5.41, 5.74) is 0.521. The van der Waals surface area contributed by atoms with Crippen LogP contribution < -0.4 is 5.32 Å². The van der Waals surface area contributed by atoms with Gasteiger partial charge in [-0.3, -0.25) is 14.6 Å². The van der Waals surface area contributed by atoms with Crippen LogP contribution in [0.5, 0.6) is 0 Å². The predicted octanol–water partition coefficient (Wildman–Crippen LogP) is 4.22. The molecule has 0 aliphatic rings. The molecule has 0 saturated heterocycles. The van der Waals surface area contributed by atoms with Crippen LogP contribution in [0.15, 0.2) is 39.5 Å². The summed E-state index contributed by atoms with van der Waals surface area (Å²) in [4.78, 5) is 12.1. The molecule has 0 aliphatic carbocycles. The molecule has 0 atom stereocenters. The van der Waals surface area contributed by atoms with Gasteiger partial charge < -0.3 is 5.32 Å². The molecule has 1 amide bonds. The summed E-state index contributed by atoms with van der Waals surface area (Å²) < 4.78 is 16.4. The molecule has 0 unspecified atom stereocenters. The van der Waals surface area contributed by atoms with E-state index in [0.717, 1.165) is 0 Å². The van der Waals surface area contributed by atoms with Crippen molar-refractivity contribution in [3.05, 3.63) is 61.6 Å². The second-order valence-electron chi connectivity index (χ2n) is 4.75. The topological polar surface area (TPSA) is 75.6 Å². The molecule has 10 heteroatoms. The van der Waals surface area contributed by atoms with Gasteiger partial charge in [0.15, 0.2) is 11.5 Å². The average Bonchev–Trinajstić information content (AvgIpc) is 3.11. The van der Waals surface area contributed by atoms with Crippen molar-refractivity contribution in [3.63, 3.8) is 0 Å². The SMILES string of the molecule is O=C(Nc1ccn(Cc2c(F)cccc2Cl)n1)c1n[nH]c(Br)c1Br. The van der Waals surface area contributed by atoms with Crippen molar-refractivity contribution in [1.82, 2.24) is 20.0 Å². The summed E-state index contributed by atoms with van der Waals surface area (Å²) in [6.45, 7) is 0.152. The minimum Gasteiger partial charge on any atom is -0.304 e. The number of rotatable bonds is 4. The van der Waals surface area contributed by atoms with Crippen LogP contribution in [0.2, 0.25) is 5.02 Å². The van der Waals surface area contributed by atoms with E-state index < -0.39 is 11.7 Å². The largest absolute Gasteiger partial charge is 0.304 e. The smallest absolute Gasteiger partial charge is 0.278 e. The summed E-state index contributed by atoms with van der Waals surface area (Å²) in [5, 5.41) is 13.6. The first-order chi connectivity index (χ1) is 11.5. The van der Waals surface area contributed by atoms with E-state index in [1.807, 2.05) is 0 Å². The first-order valence-corrected chi connectivity index (χ1v) is 8.59. The van der Waals surface area contributed by atoms with Crippen LogP contribution in [0.25, 0.3) is 0 Å². The van der Waals surface area contributed by atoms with Crippen molar-refractivity contribution >= 4 is 55.2 Å². The van der Waals surface area contributed by atoms with Gasteiger partial charge in [-0.05, 0) is 44.0 Å². The van der Waals surface area contributed by atoms with Crippen LogP contribution >= 0.6 is 43.5 Å². The monoisotopic (exact) mass is 475 g/mol. The summed E-state index contributed by atoms with van der Waals surface area (Å²) in [6, 6.07) is 6.08. The number of hydrogen-bond donors (Lipinski definition) is 2. The zero-order chi connectivity index (χ0) is 17.3. The van der Waals surface area contributed by atoms with E-state index in [4.69, 9.17) is 11.6 Å². The fraction of sp³-hybridized carbons (Fsp3) is 0.0714. The highest BCUT2D eigenvalue weighted by Gasteiger charge is 2.17. The van der Waals surface area contributed by atoms with Gasteiger partial charge in [0.25, 0.3) is 5.91 Å². The lowest BCUT2D eigenvalue weighted by molar-refractivity contribution is 0.102. The third-order valence-electron chi connectivity index (χ3n) is 3.15. The first kappa shape index (κ1) is 17.1. The number of H-pyrrole nitrogens is 1. The van der Waals surface area contributed by atoms with Gasteiger partial charge in [0.05, 0.1) is 11.0 Å². The summed E-state index contributed by atoms with van der Waals surface area (Å²) in [6.07, 6.45) is 1.62. The van der Waals surface area contributed by atoms with Gasteiger partial charge in [-0.15, -0.1) is 0 Å². The number of carbonyl (C=O) groups excluding carboxylic acids is 1. The Bertz CT molecular complexity index is 890. The van der Waals surface area contributed by atoms with Crippen molar-refractivity contribution in [2.24, 2.45) is 0 Å². The molecular formula is C14H9Br2ClFN5O. The number of halogens is 4. The van der Waals surface area contributed by atoms with Crippen molar-refractivity contribution in [2.45, 2.75) is 6.54 Å². The van der Waals surface area contributed by atoms with Gasteiger partial charge in [0.1, 0.15) is 10.4 Å². The number of carbonyl (C=O) groups is 1. The highest BCUT2D eigenvalue weighted by molar-refractivity contribution is 9.13. The number of nitrogens with one attached hydrogen (secondary N) is 2. The van der Waals surface area contributed by atoms with E-state index in [1.165, 1.54) is 16.8 Å². The van der Waals surface area contributed by atoms with E-state index in [-0.39, 0.29) is 12.2 Å². The lowest BCUT2D eigenvalue weighted by atomic mass is 10.2. The lowest BCUT2D eigenvalue weighted by Crippen LogP contribution is -2.14. The number of nitrogens with zero attached hydrogens (tertiary/aromatic N) is 3. The molecule has 3 rings (SSSR count). The highest BCUT2D eigenvalue weighted by Crippen LogP contribution is 2.24.